The topological polar surface area (TPSA) is 80.8 Å². The molecule has 1 saturated heterocycles. The van der Waals surface area contributed by atoms with Crippen LogP contribution in [-0.4, -0.2) is 42.0 Å². The Hall–Kier alpha value is -2.80. The van der Waals surface area contributed by atoms with Crippen molar-refractivity contribution in [2.75, 3.05) is 20.3 Å². The summed E-state index contributed by atoms with van der Waals surface area (Å²) < 4.78 is 20.0. The molecule has 0 saturated carbocycles. The summed E-state index contributed by atoms with van der Waals surface area (Å²) in [7, 11) is 1.65. The summed E-state index contributed by atoms with van der Waals surface area (Å²) in [5.74, 6) is -0.257. The second kappa shape index (κ2) is 6.10. The molecule has 1 aliphatic carbocycles. The number of carbonyl (C=O) groups excluding carboxylic acids is 1. The van der Waals surface area contributed by atoms with Gasteiger partial charge in [0.25, 0.3) is 5.91 Å². The summed E-state index contributed by atoms with van der Waals surface area (Å²) in [5.41, 5.74) is 7.91. The monoisotopic (exact) mass is 380 g/mol. The molecular weight excluding hydrogens is 359 g/mol. The minimum Gasteiger partial charge on any atom is -0.381 e. The number of amides is 1. The van der Waals surface area contributed by atoms with Gasteiger partial charge in [0.15, 0.2) is 11.5 Å². The summed E-state index contributed by atoms with van der Waals surface area (Å²) in [6.45, 7) is 1.15. The molecule has 2 aromatic rings. The van der Waals surface area contributed by atoms with Gasteiger partial charge in [0.1, 0.15) is 0 Å². The van der Waals surface area contributed by atoms with Crippen LogP contribution in [-0.2, 0) is 21.5 Å². The Bertz CT molecular complexity index is 1010. The Morgan fingerprint density at radius 1 is 1.36 bits per heavy atom. The Balaban J connectivity index is 1.74. The molecule has 2 N–H and O–H groups in total. The highest BCUT2D eigenvalue weighted by Gasteiger charge is 2.59. The number of guanidine groups is 1. The lowest BCUT2D eigenvalue weighted by Crippen LogP contribution is -2.53. The number of hydrogen-bond donors (Lipinski definition) is 1. The lowest BCUT2D eigenvalue weighted by Gasteiger charge is -2.46. The average molecular weight is 380 g/mol. The van der Waals surface area contributed by atoms with Gasteiger partial charge < -0.3 is 10.5 Å². The first-order valence-corrected chi connectivity index (χ1v) is 9.48. The van der Waals surface area contributed by atoms with E-state index in [-0.39, 0.29) is 17.8 Å². The number of hydrogen-bond acceptors (Lipinski definition) is 5. The molecule has 28 heavy (non-hydrogen) atoms. The minimum absolute atomic E-state index is 0.0845. The van der Waals surface area contributed by atoms with Gasteiger partial charge in [-0.1, -0.05) is 12.1 Å². The highest BCUT2D eigenvalue weighted by Crippen LogP contribution is 2.51. The van der Waals surface area contributed by atoms with E-state index in [0.29, 0.717) is 30.3 Å². The third-order valence-corrected chi connectivity index (χ3v) is 6.37. The summed E-state index contributed by atoms with van der Waals surface area (Å²) in [6.07, 6.45) is 3.16. The van der Waals surface area contributed by atoms with Gasteiger partial charge in [-0.15, -0.1) is 0 Å². The van der Waals surface area contributed by atoms with Crippen LogP contribution in [0.5, 0.6) is 0 Å². The number of rotatable bonds is 1. The van der Waals surface area contributed by atoms with E-state index in [1.54, 1.807) is 19.2 Å². The molecule has 0 bridgehead atoms. The van der Waals surface area contributed by atoms with Crippen LogP contribution in [0.15, 0.2) is 41.5 Å². The molecule has 1 aromatic carbocycles. The molecule has 3 heterocycles. The highest BCUT2D eigenvalue weighted by molar-refractivity contribution is 6.07. The number of pyridine rings is 1. The molecule has 1 amide bonds. The molecule has 2 aliphatic heterocycles. The number of fused-ring (bicyclic) bond motifs is 4. The number of aliphatic imine (C=N–C) groups is 1. The molecule has 6 nitrogen and oxygen atoms in total. The van der Waals surface area contributed by atoms with E-state index in [2.05, 4.69) is 4.98 Å². The third kappa shape index (κ3) is 2.26. The first-order valence-electron chi connectivity index (χ1n) is 9.48. The van der Waals surface area contributed by atoms with Crippen molar-refractivity contribution in [3.8, 4) is 11.1 Å². The van der Waals surface area contributed by atoms with Crippen LogP contribution in [0.1, 0.15) is 17.5 Å². The molecule has 3 atom stereocenters. The lowest BCUT2D eigenvalue weighted by molar-refractivity contribution is -0.137. The van der Waals surface area contributed by atoms with Gasteiger partial charge in [0, 0.05) is 31.3 Å². The number of nitrogens with zero attached hydrogens (tertiary/aromatic N) is 3. The van der Waals surface area contributed by atoms with E-state index in [9.17, 15) is 9.18 Å². The van der Waals surface area contributed by atoms with Gasteiger partial charge in [-0.25, -0.2) is 9.98 Å². The molecule has 2 unspecified atom stereocenters. The molecular formula is C21H21FN4O2. The zero-order chi connectivity index (χ0) is 19.5. The number of nitrogens with two attached hydrogens (primary N) is 1. The van der Waals surface area contributed by atoms with Crippen molar-refractivity contribution < 1.29 is 13.9 Å². The third-order valence-electron chi connectivity index (χ3n) is 6.37. The maximum absolute atomic E-state index is 14.3. The lowest BCUT2D eigenvalue weighted by atomic mass is 9.62. The fourth-order valence-electron chi connectivity index (χ4n) is 4.93. The van der Waals surface area contributed by atoms with Crippen LogP contribution >= 0.6 is 0 Å². The standard InChI is InChI=1S/C21H21FN4O2/c1-26-19(27)21(25-20(26)23)16-10-12(15-3-2-7-24-18(15)22)4-5-13(16)9-14-6-8-28-11-17(14)21/h2-5,7,10,14,17H,6,8-9,11H2,1H3,(H2,23,25)/t14?,17-,21?/m0/s1. The Morgan fingerprint density at radius 2 is 2.21 bits per heavy atom. The number of benzene rings is 1. The Kier molecular flexibility index (Phi) is 3.77. The number of aromatic nitrogens is 1. The molecule has 144 valence electrons. The zero-order valence-corrected chi connectivity index (χ0v) is 15.6. The van der Waals surface area contributed by atoms with Gasteiger partial charge >= 0.3 is 0 Å². The molecule has 0 radical (unpaired) electrons. The molecule has 1 aromatic heterocycles. The Labute approximate surface area is 162 Å². The van der Waals surface area contributed by atoms with E-state index >= 15 is 0 Å². The second-order valence-electron chi connectivity index (χ2n) is 7.75. The van der Waals surface area contributed by atoms with Gasteiger partial charge in [0.2, 0.25) is 5.95 Å². The van der Waals surface area contributed by atoms with Crippen LogP contribution in [0, 0.1) is 17.8 Å². The predicted molar refractivity (Wildman–Crippen MR) is 102 cm³/mol. The number of halogens is 1. The van der Waals surface area contributed by atoms with Crippen LogP contribution in [0.4, 0.5) is 4.39 Å². The van der Waals surface area contributed by atoms with Gasteiger partial charge in [-0.05, 0) is 53.6 Å². The summed E-state index contributed by atoms with van der Waals surface area (Å²) >= 11 is 0. The van der Waals surface area contributed by atoms with Gasteiger partial charge in [-0.2, -0.15) is 4.39 Å². The predicted octanol–water partition coefficient (Wildman–Crippen LogP) is 2.08. The first-order chi connectivity index (χ1) is 13.5. The van der Waals surface area contributed by atoms with Crippen LogP contribution in [0.3, 0.4) is 0 Å². The first kappa shape index (κ1) is 17.3. The molecule has 5 rings (SSSR count). The van der Waals surface area contributed by atoms with Gasteiger partial charge in [0.05, 0.1) is 6.61 Å². The van der Waals surface area contributed by atoms with Crippen molar-refractivity contribution in [1.82, 2.24) is 9.88 Å². The average Bonchev–Trinajstić information content (AvgIpc) is 2.93. The SMILES string of the molecule is CN1C(=O)C2(N=C1N)c1cc(-c3cccnc3F)ccc1CC1CCOC[C@@H]12. The minimum atomic E-state index is -1.10. The largest absolute Gasteiger partial charge is 0.381 e. The van der Waals surface area contributed by atoms with Crippen LogP contribution in [0.2, 0.25) is 0 Å². The van der Waals surface area contributed by atoms with E-state index in [1.807, 2.05) is 18.2 Å². The highest BCUT2D eigenvalue weighted by atomic mass is 19.1. The summed E-state index contributed by atoms with van der Waals surface area (Å²) in [5, 5.41) is 0. The summed E-state index contributed by atoms with van der Waals surface area (Å²) in [4.78, 5) is 23.3. The fraction of sp³-hybridized carbons (Fsp3) is 0.381. The quantitative estimate of drug-likeness (QED) is 0.768. The van der Waals surface area contributed by atoms with Crippen molar-refractivity contribution in [1.29, 1.82) is 0 Å². The van der Waals surface area contributed by atoms with E-state index in [4.69, 9.17) is 15.5 Å². The normalized spacial score (nSPS) is 28.9. The van der Waals surface area contributed by atoms with Gasteiger partial charge in [-0.3, -0.25) is 9.69 Å². The number of likely N-dealkylation sites (N-methyl/N-ethyl adjacent to an activating group) is 1. The van der Waals surface area contributed by atoms with Crippen molar-refractivity contribution in [3.63, 3.8) is 0 Å². The van der Waals surface area contributed by atoms with E-state index in [0.717, 1.165) is 24.0 Å². The zero-order valence-electron chi connectivity index (χ0n) is 15.6. The van der Waals surface area contributed by atoms with E-state index < -0.39 is 11.5 Å². The number of carbonyl (C=O) groups is 1. The van der Waals surface area contributed by atoms with Crippen molar-refractivity contribution >= 4 is 11.9 Å². The van der Waals surface area contributed by atoms with Crippen LogP contribution in [0.25, 0.3) is 11.1 Å². The Morgan fingerprint density at radius 3 is 2.96 bits per heavy atom. The van der Waals surface area contributed by atoms with Crippen molar-refractivity contribution in [2.24, 2.45) is 22.6 Å². The fourth-order valence-corrected chi connectivity index (χ4v) is 4.93. The number of ether oxygens (including phenoxy) is 1. The molecule has 1 spiro atoms. The maximum atomic E-state index is 14.3. The molecule has 7 heteroatoms. The van der Waals surface area contributed by atoms with Crippen LogP contribution < -0.4 is 5.73 Å². The molecule has 3 aliphatic rings. The molecule has 1 fully saturated rings. The van der Waals surface area contributed by atoms with Crippen molar-refractivity contribution in [3.05, 3.63) is 53.6 Å². The van der Waals surface area contributed by atoms with E-state index in [1.165, 1.54) is 11.1 Å². The van der Waals surface area contributed by atoms with Crippen molar-refractivity contribution in [2.45, 2.75) is 18.4 Å². The summed E-state index contributed by atoms with van der Waals surface area (Å²) in [6, 6.07) is 9.15. The smallest absolute Gasteiger partial charge is 0.262 e. The second-order valence-corrected chi connectivity index (χ2v) is 7.75. The maximum Gasteiger partial charge on any atom is 0.262 e.